The largest absolute Gasteiger partial charge is 1.00 e. The number of methoxy groups -OCH3 is 1. The van der Waals surface area contributed by atoms with Crippen LogP contribution in [0, 0.1) is 86.3 Å². The molecule has 2 heterocycles. The summed E-state index contributed by atoms with van der Waals surface area (Å²) in [5.74, 6) is -4.25. The van der Waals surface area contributed by atoms with Crippen LogP contribution in [-0.4, -0.2) is 143 Å². The molecule has 0 radical (unpaired) electrons. The van der Waals surface area contributed by atoms with E-state index >= 15 is 0 Å². The first-order valence-corrected chi connectivity index (χ1v) is 31.8. The molecule has 0 aromatic carbocycles. The molecule has 474 valence electrons. The van der Waals surface area contributed by atoms with Crippen molar-refractivity contribution in [3.63, 3.8) is 0 Å². The SMILES string of the molecule is C=C1C[C@]23C[C@@]1(O)CC[C@H]2C1=C[C@@H](O)[C@H](O)C(C)(C)[C@H]1[C@@H]3C(=O)OC.C=C1C[C@]23C[C@@]1(O)CC[C@H]2C1=C[C@@H](O)[C@H](O)[C@H](C)[C@H]1[C@@H]3C(=O)O.C=C1C[C@]23C[C@@]1(O)CC[C@H]2[C@@]12C=CO[C@H](O1)C(C)(C)[C@H]2[C@@H]3C(=O)O.O=C=O.O=C=O.O=C=O.[Na+].[O-][I+3]([O-])([O-])[O-]. The van der Waals surface area contributed by atoms with E-state index < -0.39 is 130 Å². The predicted molar refractivity (Wildman–Crippen MR) is 273 cm³/mol. The third-order valence-electron chi connectivity index (χ3n) is 22.9. The van der Waals surface area contributed by atoms with Crippen molar-refractivity contribution in [2.45, 2.75) is 165 Å². The summed E-state index contributed by atoms with van der Waals surface area (Å²) >= 11 is -5.94. The van der Waals surface area contributed by atoms with Gasteiger partial charge in [0.2, 0.25) is 6.29 Å². The second-order valence-electron chi connectivity index (χ2n) is 27.2. The van der Waals surface area contributed by atoms with E-state index in [1.165, 1.54) is 7.11 Å². The molecule has 0 aromatic heterocycles. The van der Waals surface area contributed by atoms with Crippen LogP contribution < -0.4 is 63.4 Å². The van der Waals surface area contributed by atoms with E-state index in [0.29, 0.717) is 57.8 Å². The van der Waals surface area contributed by atoms with Crippen LogP contribution in [0.25, 0.3) is 0 Å². The number of ether oxygens (including phenoxy) is 3. The summed E-state index contributed by atoms with van der Waals surface area (Å²) in [6.45, 7) is 22.0. The second-order valence-corrected chi connectivity index (χ2v) is 29.3. The van der Waals surface area contributed by atoms with E-state index in [1.54, 1.807) is 18.4 Å². The summed E-state index contributed by atoms with van der Waals surface area (Å²) < 4.78 is 51.7. The van der Waals surface area contributed by atoms with Crippen LogP contribution in [0.3, 0.4) is 0 Å². The second kappa shape index (κ2) is 24.9. The Balaban J connectivity index is 0.000000187. The zero-order valence-corrected chi connectivity index (χ0v) is 53.7. The fourth-order valence-electron chi connectivity index (χ4n) is 20.0. The average molecular weight is 1350 g/mol. The molecule has 87 heavy (non-hydrogen) atoms. The van der Waals surface area contributed by atoms with Crippen LogP contribution in [0.15, 0.2) is 72.1 Å². The Kier molecular flexibility index (Phi) is 20.7. The smallest absolute Gasteiger partial charge is 0.481 e. The van der Waals surface area contributed by atoms with Gasteiger partial charge < -0.3 is 60.2 Å². The molecular weight excluding hydrogens is 1270 g/mol. The first-order chi connectivity index (χ1) is 39.7. The number of aliphatic hydroxyl groups is 7. The topological polar surface area (TPSA) is 456 Å². The Morgan fingerprint density at radius 1 is 0.655 bits per heavy atom. The molecule has 0 aromatic rings. The van der Waals surface area contributed by atoms with Crippen LogP contribution in [0.4, 0.5) is 0 Å². The summed E-state index contributed by atoms with van der Waals surface area (Å²) in [4.78, 5) is 86.2. The Morgan fingerprint density at radius 3 is 1.53 bits per heavy atom. The molecule has 11 aliphatic carbocycles. The molecule has 4 spiro atoms. The van der Waals surface area contributed by atoms with Crippen LogP contribution in [0.2, 0.25) is 0 Å². The standard InChI is InChI=1S/C20H28O5.C19H24O5.C18H24O5.3CO2.IO4.Na/c1-10-8-19-9-20(10,24)6-5-12(19)11-7-13(21)16(22)18(2,3)14(11)15(19)17(23)25-4;1-10-8-17-9-18(10,22)5-4-11(17)19-6-7-23-15(24-19)16(2,3)13(19)12(17)14(20)21;1-8-6-17-7-18(8,23)4-3-11(17)10-5-12(19)15(20)9(2)13(10)14(17)16(21)22;3*2-1-3;2-1(3,4)5;/h7,12-16,21-22,24H,1,5-6,8-9H2,2-4H3;6-7,11-13,15,22H,1,4-5,8-9H2,2-3H3,(H,20,21);5,9,11-15,19-20,23H,1,3-4,6-7H2,2H3,(H,21,22);;;;;/q;;;;;;-1;+1/t12-,13+,14+,15+,16-,19-,20-;11-,12-,13-,15-,17+,18+,19-;9-,11+,12-,13-,14-,15-,17+,18+;;;;;/m011...../s1. The molecule has 27 heteroatoms. The van der Waals surface area contributed by atoms with E-state index in [2.05, 4.69) is 33.6 Å². The molecule has 0 amide bonds. The van der Waals surface area contributed by atoms with Crippen molar-refractivity contribution in [1.82, 2.24) is 0 Å². The predicted octanol–water partition coefficient (Wildman–Crippen LogP) is -7.38. The van der Waals surface area contributed by atoms with Crippen molar-refractivity contribution >= 4 is 36.4 Å². The van der Waals surface area contributed by atoms with Gasteiger partial charge in [-0.25, -0.2) is 0 Å². The Labute approximate surface area is 529 Å². The number of fused-ring (bicyclic) bond motifs is 8. The van der Waals surface area contributed by atoms with Crippen LogP contribution >= 0.6 is 0 Å². The molecule has 13 aliphatic rings. The van der Waals surface area contributed by atoms with Gasteiger partial charge in [-0.3, -0.25) is 28.1 Å². The van der Waals surface area contributed by atoms with Crippen molar-refractivity contribution in [2.24, 2.45) is 86.3 Å². The number of rotatable bonds is 3. The summed E-state index contributed by atoms with van der Waals surface area (Å²) in [6, 6.07) is 0. The van der Waals surface area contributed by atoms with Crippen LogP contribution in [0.1, 0.15) is 112 Å². The Bertz CT molecular complexity index is 2930. The first kappa shape index (κ1) is 72.1. The van der Waals surface area contributed by atoms with Gasteiger partial charge in [-0.05, 0) is 146 Å². The zero-order valence-electron chi connectivity index (χ0n) is 49.5. The fourth-order valence-corrected chi connectivity index (χ4v) is 20.0. The molecular formula is C60H76INaO25. The normalized spacial score (nSPS) is 45.2. The number of carboxylic acid groups (broad SMARTS) is 2. The number of esters is 1. The van der Waals surface area contributed by atoms with Gasteiger partial charge in [-0.2, -0.15) is 28.8 Å². The minimum absolute atomic E-state index is 0. The summed E-state index contributed by atoms with van der Waals surface area (Å²) in [5, 5.41) is 94.4. The molecule has 1 saturated heterocycles. The number of aliphatic carboxylic acids is 2. The third-order valence-corrected chi connectivity index (χ3v) is 22.9. The molecule has 13 rings (SSSR count). The van der Waals surface area contributed by atoms with Gasteiger partial charge in [-0.15, -0.1) is 0 Å². The number of hydrogen-bond donors (Lipinski definition) is 9. The van der Waals surface area contributed by atoms with E-state index in [0.717, 1.165) is 47.1 Å². The monoisotopic (exact) mass is 1350 g/mol. The third kappa shape index (κ3) is 11.4. The van der Waals surface area contributed by atoms with Crippen LogP contribution in [-0.2, 0) is 57.4 Å². The van der Waals surface area contributed by atoms with Gasteiger partial charge in [0.25, 0.3) is 0 Å². The molecule has 2 aliphatic heterocycles. The van der Waals surface area contributed by atoms with Gasteiger partial charge in [0, 0.05) is 22.7 Å². The van der Waals surface area contributed by atoms with Crippen LogP contribution in [0.5, 0.6) is 0 Å². The zero-order chi connectivity index (χ0) is 64.8. The van der Waals surface area contributed by atoms with E-state index in [9.17, 15) is 60.3 Å². The van der Waals surface area contributed by atoms with Crippen molar-refractivity contribution < 1.29 is 167 Å². The van der Waals surface area contributed by atoms with E-state index in [1.807, 2.05) is 26.8 Å². The Hall–Kier alpha value is -3.96. The minimum Gasteiger partial charge on any atom is -0.481 e. The number of hydrogen-bond acceptors (Lipinski definition) is 23. The fraction of sp³-hybridized carbons (Fsp3) is 0.700. The number of carboxylic acids is 2. The number of allylic oxidation sites excluding steroid dienone is 2. The number of carbonyl (C=O) groups excluding carboxylic acids is 7. The van der Waals surface area contributed by atoms with Crippen molar-refractivity contribution in [3.05, 3.63) is 72.1 Å². The maximum absolute atomic E-state index is 12.9. The molecule has 8 bridgehead atoms. The summed E-state index contributed by atoms with van der Waals surface area (Å²) in [6.07, 6.45) is 11.0. The summed E-state index contributed by atoms with van der Waals surface area (Å²) in [5.41, 5.74) is -1.41. The van der Waals surface area contributed by atoms with Gasteiger partial charge in [-0.1, -0.05) is 77.7 Å². The van der Waals surface area contributed by atoms with E-state index in [4.69, 9.17) is 56.7 Å². The number of halogens is 1. The van der Waals surface area contributed by atoms with Gasteiger partial charge >= 0.3 is 65.9 Å². The molecule has 22 atom stereocenters. The quantitative estimate of drug-likeness (QED) is 0.0549. The minimum atomic E-state index is -5.94. The molecule has 25 nitrogen and oxygen atoms in total. The molecule has 0 unspecified atom stereocenters. The van der Waals surface area contributed by atoms with Gasteiger partial charge in [0.05, 0.1) is 72.3 Å². The van der Waals surface area contributed by atoms with Gasteiger partial charge in [0.1, 0.15) is 25.7 Å². The van der Waals surface area contributed by atoms with Crippen molar-refractivity contribution in [3.8, 4) is 0 Å². The van der Waals surface area contributed by atoms with Crippen molar-refractivity contribution in [2.75, 3.05) is 7.11 Å². The maximum atomic E-state index is 12.9. The first-order valence-electron chi connectivity index (χ1n) is 28.2. The Morgan fingerprint density at radius 2 is 1.07 bits per heavy atom. The van der Waals surface area contributed by atoms with Crippen molar-refractivity contribution in [1.29, 1.82) is 0 Å². The van der Waals surface area contributed by atoms with Gasteiger partial charge in [0.15, 0.2) is 0 Å². The number of carbonyl (C=O) groups is 3. The molecule has 9 N–H and O–H groups in total. The average Bonchev–Trinajstić information content (AvgIpc) is 1.50. The molecule has 10 fully saturated rings. The molecule has 9 saturated carbocycles. The number of aliphatic hydroxyl groups excluding tert-OH is 4. The maximum Gasteiger partial charge on any atom is 1.00 e. The van der Waals surface area contributed by atoms with E-state index in [-0.39, 0.29) is 95.4 Å². The summed E-state index contributed by atoms with van der Waals surface area (Å²) in [7, 11) is 1.40.